The summed E-state index contributed by atoms with van der Waals surface area (Å²) in [7, 11) is 0. The third-order valence-corrected chi connectivity index (χ3v) is 6.17. The van der Waals surface area contributed by atoms with Crippen LogP contribution in [0.15, 0.2) is 36.4 Å². The van der Waals surface area contributed by atoms with Crippen molar-refractivity contribution < 1.29 is 9.59 Å². The summed E-state index contributed by atoms with van der Waals surface area (Å²) in [5, 5.41) is 1.19. The maximum atomic E-state index is 12.8. The van der Waals surface area contributed by atoms with E-state index in [0.717, 1.165) is 24.1 Å². The smallest absolute Gasteiger partial charge is 0.233 e. The molecule has 0 unspecified atom stereocenters. The van der Waals surface area contributed by atoms with Crippen molar-refractivity contribution in [3.8, 4) is 0 Å². The van der Waals surface area contributed by atoms with E-state index in [1.165, 1.54) is 15.8 Å². The zero-order valence-corrected chi connectivity index (χ0v) is 13.7. The fourth-order valence-electron chi connectivity index (χ4n) is 5.06. The summed E-state index contributed by atoms with van der Waals surface area (Å²) >= 11 is 0. The van der Waals surface area contributed by atoms with Crippen molar-refractivity contribution >= 4 is 22.7 Å². The Morgan fingerprint density at radius 1 is 1.08 bits per heavy atom. The number of hydrogen-bond donors (Lipinski definition) is 1. The molecule has 1 aliphatic heterocycles. The van der Waals surface area contributed by atoms with Crippen LogP contribution in [0.3, 0.4) is 0 Å². The molecule has 4 atom stereocenters. The van der Waals surface area contributed by atoms with Crippen LogP contribution in [0.5, 0.6) is 0 Å². The van der Waals surface area contributed by atoms with E-state index < -0.39 is 0 Å². The summed E-state index contributed by atoms with van der Waals surface area (Å²) in [4.78, 5) is 30.4. The van der Waals surface area contributed by atoms with E-state index in [1.807, 2.05) is 12.1 Å². The minimum atomic E-state index is -0.0865. The number of carbonyl (C=O) groups is 2. The molecule has 4 heteroatoms. The summed E-state index contributed by atoms with van der Waals surface area (Å²) in [6.45, 7) is 2.55. The van der Waals surface area contributed by atoms with Gasteiger partial charge in [0.25, 0.3) is 0 Å². The van der Waals surface area contributed by atoms with Gasteiger partial charge in [0.1, 0.15) is 0 Å². The number of carbonyl (C=O) groups excluding carboxylic acids is 2. The zero-order chi connectivity index (χ0) is 16.4. The second-order valence-electron chi connectivity index (χ2n) is 7.35. The molecular formula is C20H20N2O2. The first-order valence-electron chi connectivity index (χ1n) is 8.75. The van der Waals surface area contributed by atoms with Crippen molar-refractivity contribution in [2.45, 2.75) is 19.8 Å². The van der Waals surface area contributed by atoms with Gasteiger partial charge in [-0.2, -0.15) is 0 Å². The normalized spacial score (nSPS) is 30.8. The molecule has 1 saturated heterocycles. The summed E-state index contributed by atoms with van der Waals surface area (Å²) in [6.07, 6.45) is 5.99. The van der Waals surface area contributed by atoms with Crippen LogP contribution in [0.1, 0.15) is 17.7 Å². The molecule has 122 valence electrons. The van der Waals surface area contributed by atoms with E-state index in [2.05, 4.69) is 36.2 Å². The first-order chi connectivity index (χ1) is 11.6. The Kier molecular flexibility index (Phi) is 2.82. The highest BCUT2D eigenvalue weighted by Crippen LogP contribution is 2.52. The molecule has 24 heavy (non-hydrogen) atoms. The Labute approximate surface area is 140 Å². The number of fused-ring (bicyclic) bond motifs is 6. The predicted molar refractivity (Wildman–Crippen MR) is 91.2 cm³/mol. The number of H-pyrrole nitrogens is 1. The molecule has 2 aliphatic carbocycles. The molecule has 1 aromatic carbocycles. The molecule has 2 bridgehead atoms. The Morgan fingerprint density at radius 3 is 2.46 bits per heavy atom. The van der Waals surface area contributed by atoms with Gasteiger partial charge in [0.2, 0.25) is 11.8 Å². The zero-order valence-electron chi connectivity index (χ0n) is 13.7. The first kappa shape index (κ1) is 14.0. The number of para-hydroxylation sites is 1. The number of benzene rings is 1. The minimum absolute atomic E-state index is 0.0549. The van der Waals surface area contributed by atoms with E-state index in [9.17, 15) is 9.59 Å². The first-order valence-corrected chi connectivity index (χ1v) is 8.75. The van der Waals surface area contributed by atoms with Crippen LogP contribution in [-0.2, 0) is 16.0 Å². The predicted octanol–water partition coefficient (Wildman–Crippen LogP) is 2.83. The molecule has 2 aromatic rings. The number of imide groups is 1. The highest BCUT2D eigenvalue weighted by Gasteiger charge is 2.58. The molecule has 2 amide bonds. The van der Waals surface area contributed by atoms with Crippen molar-refractivity contribution in [2.75, 3.05) is 6.54 Å². The fourth-order valence-corrected chi connectivity index (χ4v) is 5.06. The number of nitrogens with zero attached hydrogens (tertiary/aromatic N) is 1. The number of rotatable bonds is 3. The average molecular weight is 320 g/mol. The van der Waals surface area contributed by atoms with Crippen molar-refractivity contribution in [1.82, 2.24) is 9.88 Å². The number of aryl methyl sites for hydroxylation is 1. The molecule has 0 radical (unpaired) electrons. The van der Waals surface area contributed by atoms with E-state index in [0.29, 0.717) is 6.54 Å². The standard InChI is InChI=1S/C20H20N2O2/c1-11-14(15-4-2-3-5-16(15)21-11)8-9-22-19(23)17-12-6-7-13(10-12)18(17)20(22)24/h2-7,12-13,17-18,21H,8-10H2,1H3/t12-,13+,17-,18+. The lowest BCUT2D eigenvalue weighted by atomic mass is 9.85. The minimum Gasteiger partial charge on any atom is -0.358 e. The topological polar surface area (TPSA) is 53.2 Å². The van der Waals surface area contributed by atoms with Crippen LogP contribution in [0.2, 0.25) is 0 Å². The summed E-state index contributed by atoms with van der Waals surface area (Å²) in [6, 6.07) is 8.20. The van der Waals surface area contributed by atoms with Gasteiger partial charge in [0.15, 0.2) is 0 Å². The number of hydrogen-bond acceptors (Lipinski definition) is 2. The van der Waals surface area contributed by atoms with Crippen LogP contribution in [-0.4, -0.2) is 28.2 Å². The molecule has 0 spiro atoms. The van der Waals surface area contributed by atoms with Gasteiger partial charge in [0.05, 0.1) is 11.8 Å². The van der Waals surface area contributed by atoms with Gasteiger partial charge in [-0.1, -0.05) is 30.4 Å². The van der Waals surface area contributed by atoms with Gasteiger partial charge < -0.3 is 4.98 Å². The van der Waals surface area contributed by atoms with Crippen LogP contribution < -0.4 is 0 Å². The fraction of sp³-hybridized carbons (Fsp3) is 0.400. The SMILES string of the molecule is Cc1[nH]c2ccccc2c1CCN1C(=O)[C@@H]2[C@H](C1=O)[C@@H]1C=C[C@H]2C1. The molecule has 2 heterocycles. The quantitative estimate of drug-likeness (QED) is 0.698. The number of nitrogens with one attached hydrogen (secondary N) is 1. The van der Waals surface area contributed by atoms with Crippen molar-refractivity contribution in [1.29, 1.82) is 0 Å². The number of aromatic amines is 1. The van der Waals surface area contributed by atoms with Crippen LogP contribution in [0, 0.1) is 30.6 Å². The second kappa shape index (κ2) is 4.82. The molecule has 1 N–H and O–H groups in total. The highest BCUT2D eigenvalue weighted by atomic mass is 16.2. The van der Waals surface area contributed by atoms with E-state index >= 15 is 0 Å². The summed E-state index contributed by atoms with van der Waals surface area (Å²) in [5.74, 6) is 0.513. The molecule has 2 fully saturated rings. The Morgan fingerprint density at radius 2 is 1.75 bits per heavy atom. The number of likely N-dealkylation sites (tertiary alicyclic amines) is 1. The molecular weight excluding hydrogens is 300 g/mol. The maximum absolute atomic E-state index is 12.8. The lowest BCUT2D eigenvalue weighted by molar-refractivity contribution is -0.140. The Balaban J connectivity index is 1.40. The molecule has 4 nitrogen and oxygen atoms in total. The lowest BCUT2D eigenvalue weighted by Crippen LogP contribution is -2.34. The van der Waals surface area contributed by atoms with Crippen molar-refractivity contribution in [3.05, 3.63) is 47.7 Å². The Hall–Kier alpha value is -2.36. The Bertz CT molecular complexity index is 864. The molecule has 1 aromatic heterocycles. The van der Waals surface area contributed by atoms with Gasteiger partial charge in [-0.25, -0.2) is 0 Å². The maximum Gasteiger partial charge on any atom is 0.233 e. The van der Waals surface area contributed by atoms with Gasteiger partial charge >= 0.3 is 0 Å². The van der Waals surface area contributed by atoms with Crippen LogP contribution in [0.25, 0.3) is 10.9 Å². The van der Waals surface area contributed by atoms with Crippen molar-refractivity contribution in [2.24, 2.45) is 23.7 Å². The number of aromatic nitrogens is 1. The van der Waals surface area contributed by atoms with Crippen molar-refractivity contribution in [3.63, 3.8) is 0 Å². The van der Waals surface area contributed by atoms with E-state index in [4.69, 9.17) is 0 Å². The van der Waals surface area contributed by atoms with Gasteiger partial charge in [-0.05, 0) is 43.2 Å². The largest absolute Gasteiger partial charge is 0.358 e. The lowest BCUT2D eigenvalue weighted by Gasteiger charge is -2.17. The van der Waals surface area contributed by atoms with E-state index in [1.54, 1.807) is 0 Å². The molecule has 5 rings (SSSR count). The number of amides is 2. The second-order valence-corrected chi connectivity index (χ2v) is 7.35. The molecule has 3 aliphatic rings. The van der Waals surface area contributed by atoms with Gasteiger partial charge in [-0.15, -0.1) is 0 Å². The van der Waals surface area contributed by atoms with E-state index in [-0.39, 0.29) is 35.5 Å². The highest BCUT2D eigenvalue weighted by molar-refractivity contribution is 6.06. The van der Waals surface area contributed by atoms with Crippen LogP contribution >= 0.6 is 0 Å². The third-order valence-electron chi connectivity index (χ3n) is 6.17. The van der Waals surface area contributed by atoms with Crippen LogP contribution in [0.4, 0.5) is 0 Å². The summed E-state index contributed by atoms with van der Waals surface area (Å²) in [5.41, 5.74) is 3.45. The van der Waals surface area contributed by atoms with Gasteiger partial charge in [-0.3, -0.25) is 14.5 Å². The van der Waals surface area contributed by atoms with Gasteiger partial charge in [0, 0.05) is 23.1 Å². The molecule has 1 saturated carbocycles. The average Bonchev–Trinajstić information content (AvgIpc) is 3.30. The summed E-state index contributed by atoms with van der Waals surface area (Å²) < 4.78 is 0. The third kappa shape index (κ3) is 1.74. The number of allylic oxidation sites excluding steroid dienone is 2. The monoisotopic (exact) mass is 320 g/mol.